The van der Waals surface area contributed by atoms with Gasteiger partial charge < -0.3 is 10.4 Å². The van der Waals surface area contributed by atoms with E-state index in [1.165, 1.54) is 12.1 Å². The third-order valence-electron chi connectivity index (χ3n) is 4.13. The standard InChI is InChI=1S/C14H15FN2O/c15-13-5-10(2-1-9(13)8-16)14(18)6-11-3-4-12(7-14)17-11/h1-2,5,11-12,17-18H,3-4,6-7H2. The van der Waals surface area contributed by atoms with Crippen molar-refractivity contribution in [1.82, 2.24) is 5.32 Å². The lowest BCUT2D eigenvalue weighted by Crippen LogP contribution is -2.46. The molecule has 1 aromatic carbocycles. The van der Waals surface area contributed by atoms with Crippen LogP contribution in [0.15, 0.2) is 18.2 Å². The maximum atomic E-state index is 13.6. The zero-order chi connectivity index (χ0) is 12.8. The third kappa shape index (κ3) is 1.80. The van der Waals surface area contributed by atoms with E-state index in [2.05, 4.69) is 5.32 Å². The number of rotatable bonds is 1. The SMILES string of the molecule is N#Cc1ccc(C2(O)CC3CCC(C2)N3)cc1F. The normalized spacial score (nSPS) is 34.3. The van der Waals surface area contributed by atoms with E-state index in [1.54, 1.807) is 12.1 Å². The largest absolute Gasteiger partial charge is 0.385 e. The maximum Gasteiger partial charge on any atom is 0.141 e. The molecule has 2 aliphatic heterocycles. The number of halogens is 1. The Labute approximate surface area is 105 Å². The second-order valence-electron chi connectivity index (χ2n) is 5.38. The molecule has 0 saturated carbocycles. The van der Waals surface area contributed by atoms with E-state index in [9.17, 15) is 9.50 Å². The molecule has 0 aliphatic carbocycles. The summed E-state index contributed by atoms with van der Waals surface area (Å²) in [6.07, 6.45) is 3.39. The fraction of sp³-hybridized carbons (Fsp3) is 0.500. The third-order valence-corrected chi connectivity index (χ3v) is 4.13. The van der Waals surface area contributed by atoms with Gasteiger partial charge in [-0.05, 0) is 43.4 Å². The van der Waals surface area contributed by atoms with Crippen LogP contribution < -0.4 is 5.32 Å². The van der Waals surface area contributed by atoms with Crippen LogP contribution >= 0.6 is 0 Å². The number of fused-ring (bicyclic) bond motifs is 2. The van der Waals surface area contributed by atoms with Crippen molar-refractivity contribution in [2.75, 3.05) is 0 Å². The van der Waals surface area contributed by atoms with Gasteiger partial charge in [0.05, 0.1) is 11.2 Å². The van der Waals surface area contributed by atoms with Crippen LogP contribution in [-0.4, -0.2) is 17.2 Å². The van der Waals surface area contributed by atoms with Crippen molar-refractivity contribution >= 4 is 0 Å². The lowest BCUT2D eigenvalue weighted by molar-refractivity contribution is -0.0117. The molecule has 3 rings (SSSR count). The first-order valence-electron chi connectivity index (χ1n) is 6.29. The minimum Gasteiger partial charge on any atom is -0.385 e. The lowest BCUT2D eigenvalue weighted by Gasteiger charge is -2.37. The first kappa shape index (κ1) is 11.6. The summed E-state index contributed by atoms with van der Waals surface area (Å²) in [4.78, 5) is 0. The molecule has 2 fully saturated rings. The number of piperidine rings is 1. The zero-order valence-corrected chi connectivity index (χ0v) is 9.99. The van der Waals surface area contributed by atoms with Gasteiger partial charge in [-0.15, -0.1) is 0 Å². The molecule has 18 heavy (non-hydrogen) atoms. The topological polar surface area (TPSA) is 56.0 Å². The van der Waals surface area contributed by atoms with Gasteiger partial charge in [0.15, 0.2) is 0 Å². The van der Waals surface area contributed by atoms with Crippen LogP contribution in [0.1, 0.15) is 36.8 Å². The minimum atomic E-state index is -0.952. The van der Waals surface area contributed by atoms with Gasteiger partial charge in [0.25, 0.3) is 0 Å². The summed E-state index contributed by atoms with van der Waals surface area (Å²) in [7, 11) is 0. The van der Waals surface area contributed by atoms with Gasteiger partial charge in [0.1, 0.15) is 11.9 Å². The van der Waals surface area contributed by atoms with Gasteiger partial charge >= 0.3 is 0 Å². The second-order valence-corrected chi connectivity index (χ2v) is 5.38. The van der Waals surface area contributed by atoms with Crippen LogP contribution in [0.25, 0.3) is 0 Å². The highest BCUT2D eigenvalue weighted by atomic mass is 19.1. The van der Waals surface area contributed by atoms with E-state index < -0.39 is 11.4 Å². The van der Waals surface area contributed by atoms with Gasteiger partial charge in [0.2, 0.25) is 0 Å². The molecule has 94 valence electrons. The Morgan fingerprint density at radius 1 is 1.33 bits per heavy atom. The van der Waals surface area contributed by atoms with Crippen molar-refractivity contribution in [2.24, 2.45) is 0 Å². The predicted octanol–water partition coefficient (Wildman–Crippen LogP) is 1.80. The monoisotopic (exact) mass is 246 g/mol. The highest BCUT2D eigenvalue weighted by Gasteiger charge is 2.43. The Bertz CT molecular complexity index is 511. The highest BCUT2D eigenvalue weighted by Crippen LogP contribution is 2.40. The minimum absolute atomic E-state index is 0.0271. The van der Waals surface area contributed by atoms with E-state index in [1.807, 2.05) is 0 Å². The Hall–Kier alpha value is -1.44. The molecular weight excluding hydrogens is 231 g/mol. The summed E-state index contributed by atoms with van der Waals surface area (Å²) in [5.74, 6) is -0.547. The summed E-state index contributed by atoms with van der Waals surface area (Å²) in [5, 5.41) is 22.9. The number of benzene rings is 1. The molecule has 2 aliphatic rings. The first-order valence-corrected chi connectivity index (χ1v) is 6.29. The number of nitrogens with zero attached hydrogens (tertiary/aromatic N) is 1. The zero-order valence-electron chi connectivity index (χ0n) is 9.99. The van der Waals surface area contributed by atoms with Crippen molar-refractivity contribution in [2.45, 2.75) is 43.4 Å². The second kappa shape index (κ2) is 4.04. The van der Waals surface area contributed by atoms with Gasteiger partial charge in [-0.25, -0.2) is 4.39 Å². The van der Waals surface area contributed by atoms with Crippen LogP contribution in [0.5, 0.6) is 0 Å². The molecule has 2 atom stereocenters. The molecule has 2 bridgehead atoms. The fourth-order valence-corrected chi connectivity index (χ4v) is 3.25. The van der Waals surface area contributed by atoms with Crippen LogP contribution in [0.2, 0.25) is 0 Å². The summed E-state index contributed by atoms with van der Waals surface area (Å²) in [6, 6.07) is 6.88. The predicted molar refractivity (Wildman–Crippen MR) is 64.2 cm³/mol. The maximum absolute atomic E-state index is 13.6. The Balaban J connectivity index is 1.94. The Morgan fingerprint density at radius 2 is 2.00 bits per heavy atom. The Morgan fingerprint density at radius 3 is 2.56 bits per heavy atom. The quantitative estimate of drug-likeness (QED) is 0.794. The average molecular weight is 246 g/mol. The smallest absolute Gasteiger partial charge is 0.141 e. The van der Waals surface area contributed by atoms with Crippen molar-refractivity contribution in [3.05, 3.63) is 35.1 Å². The molecular formula is C14H15FN2O. The molecule has 0 radical (unpaired) electrons. The molecule has 0 amide bonds. The molecule has 2 heterocycles. The number of aliphatic hydroxyl groups is 1. The molecule has 3 nitrogen and oxygen atoms in total. The van der Waals surface area contributed by atoms with E-state index in [4.69, 9.17) is 5.26 Å². The summed E-state index contributed by atoms with van der Waals surface area (Å²) >= 11 is 0. The molecule has 4 heteroatoms. The van der Waals surface area contributed by atoms with Crippen LogP contribution in [0, 0.1) is 17.1 Å². The van der Waals surface area contributed by atoms with Gasteiger partial charge in [-0.1, -0.05) is 6.07 Å². The molecule has 2 N–H and O–H groups in total. The van der Waals surface area contributed by atoms with E-state index >= 15 is 0 Å². The lowest BCUT2D eigenvalue weighted by atomic mass is 9.81. The first-order chi connectivity index (χ1) is 8.60. The van der Waals surface area contributed by atoms with Crippen molar-refractivity contribution < 1.29 is 9.50 Å². The highest BCUT2D eigenvalue weighted by molar-refractivity contribution is 5.36. The molecule has 2 unspecified atom stereocenters. The fourth-order valence-electron chi connectivity index (χ4n) is 3.25. The van der Waals surface area contributed by atoms with Gasteiger partial charge in [0, 0.05) is 12.1 Å². The van der Waals surface area contributed by atoms with E-state index in [0.717, 1.165) is 12.8 Å². The molecule has 1 aromatic rings. The average Bonchev–Trinajstić information content (AvgIpc) is 2.69. The van der Waals surface area contributed by atoms with Crippen molar-refractivity contribution in [1.29, 1.82) is 5.26 Å². The van der Waals surface area contributed by atoms with E-state index in [-0.39, 0.29) is 5.56 Å². The van der Waals surface area contributed by atoms with Crippen LogP contribution in [0.4, 0.5) is 4.39 Å². The summed E-state index contributed by atoms with van der Waals surface area (Å²) in [6.45, 7) is 0. The van der Waals surface area contributed by atoms with Crippen LogP contribution in [-0.2, 0) is 5.60 Å². The van der Waals surface area contributed by atoms with Crippen LogP contribution in [0.3, 0.4) is 0 Å². The summed E-state index contributed by atoms with van der Waals surface area (Å²) < 4.78 is 13.6. The summed E-state index contributed by atoms with van der Waals surface area (Å²) in [5.41, 5.74) is -0.331. The number of nitriles is 1. The van der Waals surface area contributed by atoms with Gasteiger partial charge in [-0.3, -0.25) is 0 Å². The van der Waals surface area contributed by atoms with Crippen molar-refractivity contribution in [3.8, 4) is 6.07 Å². The number of hydrogen-bond acceptors (Lipinski definition) is 3. The molecule has 2 saturated heterocycles. The van der Waals surface area contributed by atoms with Crippen molar-refractivity contribution in [3.63, 3.8) is 0 Å². The molecule has 0 aromatic heterocycles. The van der Waals surface area contributed by atoms with E-state index in [0.29, 0.717) is 30.5 Å². The number of nitrogens with one attached hydrogen (secondary N) is 1. The number of hydrogen-bond donors (Lipinski definition) is 2. The van der Waals surface area contributed by atoms with Gasteiger partial charge in [-0.2, -0.15) is 5.26 Å². The Kier molecular flexibility index (Phi) is 2.61. The molecule has 0 spiro atoms.